The summed E-state index contributed by atoms with van der Waals surface area (Å²) in [6, 6.07) is 12.0. The SMILES string of the molecule is O=C(COC(=O)CCC(=O)c1ccc(Br)cc1)Nc1ccc(F)cc1. The van der Waals surface area contributed by atoms with Crippen molar-refractivity contribution in [1.82, 2.24) is 0 Å². The molecule has 0 saturated carbocycles. The normalized spacial score (nSPS) is 10.2. The minimum Gasteiger partial charge on any atom is -0.456 e. The zero-order chi connectivity index (χ0) is 18.2. The zero-order valence-electron chi connectivity index (χ0n) is 13.1. The maximum atomic E-state index is 12.8. The van der Waals surface area contributed by atoms with E-state index >= 15 is 0 Å². The van der Waals surface area contributed by atoms with Gasteiger partial charge in [0.2, 0.25) is 0 Å². The van der Waals surface area contributed by atoms with Gasteiger partial charge in [0.05, 0.1) is 6.42 Å². The summed E-state index contributed by atoms with van der Waals surface area (Å²) in [4.78, 5) is 35.2. The number of anilines is 1. The van der Waals surface area contributed by atoms with E-state index in [1.165, 1.54) is 24.3 Å². The number of Topliss-reactive ketones (excluding diaryl/α,β-unsaturated/α-hetero) is 1. The molecule has 130 valence electrons. The molecule has 0 heterocycles. The largest absolute Gasteiger partial charge is 0.456 e. The topological polar surface area (TPSA) is 72.5 Å². The van der Waals surface area contributed by atoms with Crippen LogP contribution in [0.25, 0.3) is 0 Å². The molecule has 0 radical (unpaired) electrons. The van der Waals surface area contributed by atoms with Gasteiger partial charge >= 0.3 is 5.97 Å². The molecule has 0 aliphatic rings. The van der Waals surface area contributed by atoms with E-state index in [1.807, 2.05) is 0 Å². The van der Waals surface area contributed by atoms with E-state index in [-0.39, 0.29) is 18.6 Å². The Morgan fingerprint density at radius 3 is 2.24 bits per heavy atom. The van der Waals surface area contributed by atoms with Crippen molar-refractivity contribution in [2.75, 3.05) is 11.9 Å². The Morgan fingerprint density at radius 1 is 0.960 bits per heavy atom. The van der Waals surface area contributed by atoms with E-state index < -0.39 is 24.3 Å². The first-order valence-electron chi connectivity index (χ1n) is 7.44. The van der Waals surface area contributed by atoms with Crippen molar-refractivity contribution in [2.45, 2.75) is 12.8 Å². The van der Waals surface area contributed by atoms with Crippen molar-refractivity contribution in [3.63, 3.8) is 0 Å². The number of rotatable bonds is 7. The first-order valence-corrected chi connectivity index (χ1v) is 8.23. The number of nitrogens with one attached hydrogen (secondary N) is 1. The fourth-order valence-electron chi connectivity index (χ4n) is 1.94. The molecule has 0 aliphatic carbocycles. The van der Waals surface area contributed by atoms with Gasteiger partial charge in [0.25, 0.3) is 5.91 Å². The Labute approximate surface area is 152 Å². The second-order valence-corrected chi connectivity index (χ2v) is 6.06. The third-order valence-electron chi connectivity index (χ3n) is 3.21. The number of carbonyl (C=O) groups is 3. The highest BCUT2D eigenvalue weighted by Gasteiger charge is 2.12. The number of carbonyl (C=O) groups excluding carboxylic acids is 3. The van der Waals surface area contributed by atoms with Crippen molar-refractivity contribution in [3.8, 4) is 0 Å². The molecule has 0 bridgehead atoms. The highest BCUT2D eigenvalue weighted by Crippen LogP contribution is 2.13. The summed E-state index contributed by atoms with van der Waals surface area (Å²) in [6.07, 6.45) is -0.112. The molecule has 0 spiro atoms. The van der Waals surface area contributed by atoms with Crippen LogP contribution < -0.4 is 5.32 Å². The lowest BCUT2D eigenvalue weighted by Crippen LogP contribution is -2.21. The molecule has 7 heteroatoms. The maximum Gasteiger partial charge on any atom is 0.306 e. The number of hydrogen-bond donors (Lipinski definition) is 1. The molecule has 25 heavy (non-hydrogen) atoms. The van der Waals surface area contributed by atoms with Crippen LogP contribution in [0.2, 0.25) is 0 Å². The smallest absolute Gasteiger partial charge is 0.306 e. The monoisotopic (exact) mass is 407 g/mol. The Bertz CT molecular complexity index is 760. The summed E-state index contributed by atoms with van der Waals surface area (Å²) >= 11 is 3.28. The summed E-state index contributed by atoms with van der Waals surface area (Å²) in [5, 5.41) is 2.47. The highest BCUT2D eigenvalue weighted by molar-refractivity contribution is 9.10. The Balaban J connectivity index is 1.71. The average Bonchev–Trinajstić information content (AvgIpc) is 2.60. The highest BCUT2D eigenvalue weighted by atomic mass is 79.9. The summed E-state index contributed by atoms with van der Waals surface area (Å²) in [5.41, 5.74) is 0.901. The van der Waals surface area contributed by atoms with Gasteiger partial charge in [-0.1, -0.05) is 28.1 Å². The molecular formula is C18H15BrFNO4. The van der Waals surface area contributed by atoms with Crippen LogP contribution in [0.4, 0.5) is 10.1 Å². The minimum absolute atomic E-state index is 0.0000465. The van der Waals surface area contributed by atoms with Gasteiger partial charge < -0.3 is 10.1 Å². The van der Waals surface area contributed by atoms with Crippen LogP contribution in [0.15, 0.2) is 53.0 Å². The number of benzene rings is 2. The number of ether oxygens (including phenoxy) is 1. The average molecular weight is 408 g/mol. The number of hydrogen-bond acceptors (Lipinski definition) is 4. The second kappa shape index (κ2) is 9.08. The predicted molar refractivity (Wildman–Crippen MR) is 93.7 cm³/mol. The van der Waals surface area contributed by atoms with Crippen LogP contribution in [0.5, 0.6) is 0 Å². The number of esters is 1. The molecule has 0 aromatic heterocycles. The van der Waals surface area contributed by atoms with Gasteiger partial charge in [-0.2, -0.15) is 0 Å². The lowest BCUT2D eigenvalue weighted by Gasteiger charge is -2.06. The first kappa shape index (κ1) is 18.8. The zero-order valence-corrected chi connectivity index (χ0v) is 14.7. The first-order chi connectivity index (χ1) is 11.9. The second-order valence-electron chi connectivity index (χ2n) is 5.15. The predicted octanol–water partition coefficient (Wildman–Crippen LogP) is 3.73. The maximum absolute atomic E-state index is 12.8. The Kier molecular flexibility index (Phi) is 6.82. The lowest BCUT2D eigenvalue weighted by molar-refractivity contribution is -0.147. The number of amides is 1. The van der Waals surface area contributed by atoms with Crippen LogP contribution in [0.3, 0.4) is 0 Å². The fraction of sp³-hybridized carbons (Fsp3) is 0.167. The van der Waals surface area contributed by atoms with Gasteiger partial charge in [0.1, 0.15) is 5.82 Å². The molecule has 0 fully saturated rings. The van der Waals surface area contributed by atoms with E-state index in [4.69, 9.17) is 4.74 Å². The van der Waals surface area contributed by atoms with Crippen molar-refractivity contribution in [3.05, 3.63) is 64.4 Å². The third-order valence-corrected chi connectivity index (χ3v) is 3.74. The summed E-state index contributed by atoms with van der Waals surface area (Å²) < 4.78 is 18.4. The van der Waals surface area contributed by atoms with Crippen LogP contribution in [-0.4, -0.2) is 24.3 Å². The van der Waals surface area contributed by atoms with Gasteiger partial charge in [-0.05, 0) is 36.4 Å². The molecule has 1 N–H and O–H groups in total. The molecular weight excluding hydrogens is 393 g/mol. The van der Waals surface area contributed by atoms with E-state index in [0.29, 0.717) is 11.3 Å². The van der Waals surface area contributed by atoms with Gasteiger partial charge in [0.15, 0.2) is 12.4 Å². The van der Waals surface area contributed by atoms with Crippen LogP contribution in [0.1, 0.15) is 23.2 Å². The van der Waals surface area contributed by atoms with E-state index in [9.17, 15) is 18.8 Å². The molecule has 1 amide bonds. The molecule has 0 unspecified atom stereocenters. The van der Waals surface area contributed by atoms with E-state index in [0.717, 1.165) is 4.47 Å². The quantitative estimate of drug-likeness (QED) is 0.560. The molecule has 0 aliphatic heterocycles. The molecule has 0 atom stereocenters. The molecule has 2 aromatic rings. The number of ketones is 1. The summed E-state index contributed by atoms with van der Waals surface area (Å²) in [5.74, 6) is -1.78. The van der Waals surface area contributed by atoms with Crippen molar-refractivity contribution < 1.29 is 23.5 Å². The summed E-state index contributed by atoms with van der Waals surface area (Å²) in [6.45, 7) is -0.470. The minimum atomic E-state index is -0.639. The molecule has 0 saturated heterocycles. The van der Waals surface area contributed by atoms with Crippen molar-refractivity contribution in [1.29, 1.82) is 0 Å². The van der Waals surface area contributed by atoms with Gasteiger partial charge in [0, 0.05) is 22.1 Å². The third kappa shape index (κ3) is 6.46. The van der Waals surface area contributed by atoms with Crippen molar-refractivity contribution in [2.24, 2.45) is 0 Å². The Hall–Kier alpha value is -2.54. The van der Waals surface area contributed by atoms with E-state index in [1.54, 1.807) is 24.3 Å². The molecule has 2 aromatic carbocycles. The standard InChI is InChI=1S/C18H15BrFNO4/c19-13-3-1-12(2-4-13)16(22)9-10-18(24)25-11-17(23)21-15-7-5-14(20)6-8-15/h1-8H,9-11H2,(H,21,23). The van der Waals surface area contributed by atoms with Gasteiger partial charge in [-0.15, -0.1) is 0 Å². The van der Waals surface area contributed by atoms with Gasteiger partial charge in [-0.25, -0.2) is 4.39 Å². The number of halogens is 2. The van der Waals surface area contributed by atoms with E-state index in [2.05, 4.69) is 21.2 Å². The molecule has 2 rings (SSSR count). The van der Waals surface area contributed by atoms with Crippen LogP contribution in [-0.2, 0) is 14.3 Å². The van der Waals surface area contributed by atoms with Crippen LogP contribution in [0, 0.1) is 5.82 Å². The Morgan fingerprint density at radius 2 is 1.60 bits per heavy atom. The lowest BCUT2D eigenvalue weighted by atomic mass is 10.1. The van der Waals surface area contributed by atoms with Crippen molar-refractivity contribution >= 4 is 39.3 Å². The fourth-order valence-corrected chi connectivity index (χ4v) is 2.21. The summed E-state index contributed by atoms with van der Waals surface area (Å²) in [7, 11) is 0. The van der Waals surface area contributed by atoms with Crippen LogP contribution >= 0.6 is 15.9 Å². The molecule has 5 nitrogen and oxygen atoms in total. The van der Waals surface area contributed by atoms with Gasteiger partial charge in [-0.3, -0.25) is 14.4 Å².